The van der Waals surface area contributed by atoms with Crippen molar-refractivity contribution >= 4 is 5.69 Å². The highest BCUT2D eigenvalue weighted by atomic mass is 19.4. The predicted molar refractivity (Wildman–Crippen MR) is 75.0 cm³/mol. The number of hydrogen-bond donors (Lipinski definition) is 1. The van der Waals surface area contributed by atoms with Crippen LogP contribution in [0, 0.1) is 5.92 Å². The van der Waals surface area contributed by atoms with Gasteiger partial charge in [-0.3, -0.25) is 0 Å². The van der Waals surface area contributed by atoms with E-state index >= 15 is 0 Å². The first-order valence-corrected chi connectivity index (χ1v) is 7.00. The van der Waals surface area contributed by atoms with E-state index in [9.17, 15) is 13.2 Å². The van der Waals surface area contributed by atoms with Gasteiger partial charge in [-0.15, -0.1) is 0 Å². The fourth-order valence-electron chi connectivity index (χ4n) is 2.80. The van der Waals surface area contributed by atoms with Gasteiger partial charge in [0.2, 0.25) is 0 Å². The topological polar surface area (TPSA) is 30.5 Å². The van der Waals surface area contributed by atoms with E-state index in [4.69, 9.17) is 9.47 Å². The Morgan fingerprint density at radius 2 is 1.57 bits per heavy atom. The molecule has 2 unspecified atom stereocenters. The fourth-order valence-corrected chi connectivity index (χ4v) is 2.80. The molecule has 1 fully saturated rings. The van der Waals surface area contributed by atoms with Crippen LogP contribution >= 0.6 is 0 Å². The van der Waals surface area contributed by atoms with Gasteiger partial charge < -0.3 is 14.8 Å². The van der Waals surface area contributed by atoms with Crippen molar-refractivity contribution in [3.05, 3.63) is 18.2 Å². The average molecular weight is 303 g/mol. The van der Waals surface area contributed by atoms with Crippen LogP contribution < -0.4 is 14.8 Å². The summed E-state index contributed by atoms with van der Waals surface area (Å²) in [6, 6.07) is 4.46. The number of methoxy groups -OCH3 is 2. The van der Waals surface area contributed by atoms with Crippen molar-refractivity contribution < 1.29 is 22.6 Å². The van der Waals surface area contributed by atoms with E-state index in [1.807, 2.05) is 0 Å². The second kappa shape index (κ2) is 6.45. The highest BCUT2D eigenvalue weighted by Crippen LogP contribution is 2.39. The molecule has 0 aliphatic heterocycles. The monoisotopic (exact) mass is 303 g/mol. The van der Waals surface area contributed by atoms with Crippen molar-refractivity contribution in [2.24, 2.45) is 5.92 Å². The summed E-state index contributed by atoms with van der Waals surface area (Å²) in [6.45, 7) is 0. The Balaban J connectivity index is 2.19. The number of halogens is 3. The van der Waals surface area contributed by atoms with Crippen LogP contribution in [-0.2, 0) is 0 Å². The summed E-state index contributed by atoms with van der Waals surface area (Å²) in [4.78, 5) is 0. The Morgan fingerprint density at radius 3 is 2.10 bits per heavy atom. The molecule has 0 spiro atoms. The molecule has 6 heteroatoms. The number of ether oxygens (including phenoxy) is 2. The van der Waals surface area contributed by atoms with E-state index < -0.39 is 18.1 Å². The van der Waals surface area contributed by atoms with Crippen LogP contribution in [0.15, 0.2) is 18.2 Å². The lowest BCUT2D eigenvalue weighted by atomic mass is 9.84. The summed E-state index contributed by atoms with van der Waals surface area (Å²) < 4.78 is 49.6. The number of benzene rings is 1. The molecular formula is C15H20F3NO2. The molecule has 1 saturated carbocycles. The third-order valence-corrected chi connectivity index (χ3v) is 3.89. The van der Waals surface area contributed by atoms with Gasteiger partial charge in [0.15, 0.2) is 0 Å². The second-order valence-corrected chi connectivity index (χ2v) is 5.28. The Kier molecular flexibility index (Phi) is 4.85. The molecule has 1 aliphatic carbocycles. The molecule has 2 atom stereocenters. The van der Waals surface area contributed by atoms with Gasteiger partial charge in [0.25, 0.3) is 0 Å². The summed E-state index contributed by atoms with van der Waals surface area (Å²) in [5, 5.41) is 3.01. The molecule has 1 N–H and O–H groups in total. The standard InChI is InChI=1S/C15H20F3NO2/c1-20-11-7-10(8-12(9-11)21-2)19-14-6-4-3-5-13(14)15(16,17)18/h7-9,13-14,19H,3-6H2,1-2H3. The third kappa shape index (κ3) is 3.95. The fraction of sp³-hybridized carbons (Fsp3) is 0.600. The molecule has 2 rings (SSSR count). The molecule has 0 radical (unpaired) electrons. The predicted octanol–water partition coefficient (Wildman–Crippen LogP) is 4.24. The van der Waals surface area contributed by atoms with E-state index in [0.29, 0.717) is 30.0 Å². The Morgan fingerprint density at radius 1 is 1.00 bits per heavy atom. The lowest BCUT2D eigenvalue weighted by molar-refractivity contribution is -0.184. The molecule has 0 amide bonds. The molecule has 1 aromatic carbocycles. The smallest absolute Gasteiger partial charge is 0.393 e. The number of hydrogen-bond acceptors (Lipinski definition) is 3. The minimum atomic E-state index is -4.17. The Bertz CT molecular complexity index is 454. The van der Waals surface area contributed by atoms with Crippen molar-refractivity contribution in [2.75, 3.05) is 19.5 Å². The number of alkyl halides is 3. The average Bonchev–Trinajstić information content (AvgIpc) is 2.46. The molecule has 0 heterocycles. The zero-order valence-electron chi connectivity index (χ0n) is 12.2. The van der Waals surface area contributed by atoms with Gasteiger partial charge in [0, 0.05) is 29.9 Å². The minimum absolute atomic E-state index is 0.183. The molecule has 21 heavy (non-hydrogen) atoms. The summed E-state index contributed by atoms with van der Waals surface area (Å²) in [5.74, 6) is -0.198. The zero-order valence-corrected chi connectivity index (χ0v) is 12.2. The van der Waals surface area contributed by atoms with Gasteiger partial charge in [0.05, 0.1) is 20.1 Å². The van der Waals surface area contributed by atoms with E-state index in [2.05, 4.69) is 5.32 Å². The van der Waals surface area contributed by atoms with Gasteiger partial charge in [-0.1, -0.05) is 12.8 Å². The van der Waals surface area contributed by atoms with Crippen LogP contribution in [0.4, 0.5) is 18.9 Å². The lowest BCUT2D eigenvalue weighted by Crippen LogP contribution is -2.41. The lowest BCUT2D eigenvalue weighted by Gasteiger charge is -2.34. The first kappa shape index (κ1) is 15.8. The number of nitrogens with one attached hydrogen (secondary N) is 1. The van der Waals surface area contributed by atoms with Crippen molar-refractivity contribution in [1.29, 1.82) is 0 Å². The van der Waals surface area contributed by atoms with Crippen LogP contribution in [0.25, 0.3) is 0 Å². The SMILES string of the molecule is COc1cc(NC2CCCCC2C(F)(F)F)cc(OC)c1. The maximum Gasteiger partial charge on any atom is 0.393 e. The zero-order chi connectivity index (χ0) is 15.5. The Labute approximate surface area is 122 Å². The largest absolute Gasteiger partial charge is 0.497 e. The van der Waals surface area contributed by atoms with Crippen molar-refractivity contribution in [3.8, 4) is 11.5 Å². The molecule has 0 saturated heterocycles. The van der Waals surface area contributed by atoms with E-state index in [-0.39, 0.29) is 6.42 Å². The van der Waals surface area contributed by atoms with E-state index in [1.165, 1.54) is 14.2 Å². The summed E-state index contributed by atoms with van der Waals surface area (Å²) in [5.41, 5.74) is 0.590. The van der Waals surface area contributed by atoms with Gasteiger partial charge in [-0.25, -0.2) is 0 Å². The number of anilines is 1. The van der Waals surface area contributed by atoms with Gasteiger partial charge in [0.1, 0.15) is 11.5 Å². The van der Waals surface area contributed by atoms with Gasteiger partial charge in [-0.05, 0) is 12.8 Å². The van der Waals surface area contributed by atoms with Crippen molar-refractivity contribution in [2.45, 2.75) is 37.9 Å². The maximum atomic E-state index is 13.1. The molecule has 3 nitrogen and oxygen atoms in total. The highest BCUT2D eigenvalue weighted by molar-refractivity contribution is 5.54. The van der Waals surface area contributed by atoms with Crippen molar-refractivity contribution in [3.63, 3.8) is 0 Å². The van der Waals surface area contributed by atoms with Crippen LogP contribution in [0.2, 0.25) is 0 Å². The molecule has 118 valence electrons. The molecular weight excluding hydrogens is 283 g/mol. The van der Waals surface area contributed by atoms with Gasteiger partial charge >= 0.3 is 6.18 Å². The van der Waals surface area contributed by atoms with E-state index in [1.54, 1.807) is 18.2 Å². The highest BCUT2D eigenvalue weighted by Gasteiger charge is 2.45. The van der Waals surface area contributed by atoms with Crippen LogP contribution in [0.5, 0.6) is 11.5 Å². The summed E-state index contributed by atoms with van der Waals surface area (Å²) >= 11 is 0. The summed E-state index contributed by atoms with van der Waals surface area (Å²) in [7, 11) is 3.02. The summed E-state index contributed by atoms with van der Waals surface area (Å²) in [6.07, 6.45) is -2.03. The third-order valence-electron chi connectivity index (χ3n) is 3.89. The molecule has 1 aromatic rings. The minimum Gasteiger partial charge on any atom is -0.497 e. The van der Waals surface area contributed by atoms with Crippen LogP contribution in [-0.4, -0.2) is 26.4 Å². The number of rotatable bonds is 4. The molecule has 0 bridgehead atoms. The van der Waals surface area contributed by atoms with Crippen LogP contribution in [0.3, 0.4) is 0 Å². The normalized spacial score (nSPS) is 22.7. The molecule has 0 aromatic heterocycles. The first-order valence-electron chi connectivity index (χ1n) is 7.00. The van der Waals surface area contributed by atoms with Crippen LogP contribution in [0.1, 0.15) is 25.7 Å². The maximum absolute atomic E-state index is 13.1. The first-order chi connectivity index (χ1) is 9.94. The second-order valence-electron chi connectivity index (χ2n) is 5.28. The Hall–Kier alpha value is -1.59. The molecule has 1 aliphatic rings. The van der Waals surface area contributed by atoms with Crippen molar-refractivity contribution in [1.82, 2.24) is 0 Å². The van der Waals surface area contributed by atoms with E-state index in [0.717, 1.165) is 6.42 Å². The van der Waals surface area contributed by atoms with Gasteiger partial charge in [-0.2, -0.15) is 13.2 Å². The quantitative estimate of drug-likeness (QED) is 0.902.